The van der Waals surface area contributed by atoms with Crippen molar-refractivity contribution in [2.24, 2.45) is 5.92 Å². The summed E-state index contributed by atoms with van der Waals surface area (Å²) in [4.78, 5) is 0. The van der Waals surface area contributed by atoms with Crippen molar-refractivity contribution in [2.75, 3.05) is 0 Å². The van der Waals surface area contributed by atoms with E-state index in [1.165, 1.54) is 39.0 Å². The van der Waals surface area contributed by atoms with E-state index in [0.29, 0.717) is 5.92 Å². The van der Waals surface area contributed by atoms with Crippen LogP contribution in [0.2, 0.25) is 0 Å². The van der Waals surface area contributed by atoms with E-state index in [0.717, 1.165) is 12.8 Å². The highest BCUT2D eigenvalue weighted by Crippen LogP contribution is 2.34. The molecule has 134 valence electrons. The molecule has 0 bridgehead atoms. The first-order valence-electron chi connectivity index (χ1n) is 9.80. The van der Waals surface area contributed by atoms with Gasteiger partial charge in [-0.25, -0.2) is 0 Å². The summed E-state index contributed by atoms with van der Waals surface area (Å²) in [5.41, 5.74) is 9.51. The van der Waals surface area contributed by atoms with Crippen LogP contribution in [0.25, 0.3) is 16.7 Å². The second kappa shape index (κ2) is 7.80. The fourth-order valence-corrected chi connectivity index (χ4v) is 3.95. The molecule has 2 aromatic rings. The predicted octanol–water partition coefficient (Wildman–Crippen LogP) is 7.45. The van der Waals surface area contributed by atoms with Crippen LogP contribution in [0.5, 0.6) is 0 Å². The summed E-state index contributed by atoms with van der Waals surface area (Å²) in [6.07, 6.45) is 18.0. The Morgan fingerprint density at radius 3 is 2.48 bits per heavy atom. The van der Waals surface area contributed by atoms with Gasteiger partial charge in [0.1, 0.15) is 0 Å². The SMILES string of the molecule is CC1=C(c2cc(-c3ccccc3)ccc2C)CC=C(C2C=CC=CC2)C=C1. The van der Waals surface area contributed by atoms with Gasteiger partial charge >= 0.3 is 0 Å². The molecule has 0 aliphatic heterocycles. The van der Waals surface area contributed by atoms with Crippen molar-refractivity contribution in [3.8, 4) is 11.1 Å². The first-order chi connectivity index (χ1) is 13.2. The summed E-state index contributed by atoms with van der Waals surface area (Å²) < 4.78 is 0. The van der Waals surface area contributed by atoms with E-state index >= 15 is 0 Å². The number of benzene rings is 2. The molecule has 0 radical (unpaired) electrons. The third-order valence-corrected chi connectivity index (χ3v) is 5.62. The number of hydrogen-bond donors (Lipinski definition) is 0. The van der Waals surface area contributed by atoms with E-state index in [4.69, 9.17) is 0 Å². The van der Waals surface area contributed by atoms with E-state index in [2.05, 4.69) is 105 Å². The summed E-state index contributed by atoms with van der Waals surface area (Å²) >= 11 is 0. The smallest absolute Gasteiger partial charge is 0.00526 e. The molecule has 27 heavy (non-hydrogen) atoms. The van der Waals surface area contributed by atoms with Gasteiger partial charge in [-0.15, -0.1) is 0 Å². The first kappa shape index (κ1) is 17.5. The molecule has 4 rings (SSSR count). The normalized spacial score (nSPS) is 19.2. The van der Waals surface area contributed by atoms with Gasteiger partial charge in [0.2, 0.25) is 0 Å². The molecule has 0 N–H and O–H groups in total. The summed E-state index contributed by atoms with van der Waals surface area (Å²) in [5, 5.41) is 0. The molecule has 2 aromatic carbocycles. The predicted molar refractivity (Wildman–Crippen MR) is 117 cm³/mol. The molecule has 1 atom stereocenters. The molecule has 0 spiro atoms. The monoisotopic (exact) mass is 350 g/mol. The maximum Gasteiger partial charge on any atom is 0.00526 e. The summed E-state index contributed by atoms with van der Waals surface area (Å²) in [5.74, 6) is 0.509. The standard InChI is InChI=1S/C27H26/c1-20-13-15-24(22-9-5-3-6-10-22)17-18-26(20)27-19-25(16-14-21(27)2)23-11-7-4-8-12-23/h3-9,11-17,19,22H,10,18H2,1-2H3. The van der Waals surface area contributed by atoms with Gasteiger partial charge in [0.25, 0.3) is 0 Å². The fourth-order valence-electron chi connectivity index (χ4n) is 3.95. The van der Waals surface area contributed by atoms with Crippen LogP contribution in [0.15, 0.2) is 102 Å². The van der Waals surface area contributed by atoms with Gasteiger partial charge in [0, 0.05) is 5.92 Å². The van der Waals surface area contributed by atoms with Crippen LogP contribution in [0.3, 0.4) is 0 Å². The molecule has 0 aromatic heterocycles. The molecule has 0 heteroatoms. The Kier molecular flexibility index (Phi) is 5.07. The topological polar surface area (TPSA) is 0 Å². The van der Waals surface area contributed by atoms with Crippen LogP contribution in [0, 0.1) is 12.8 Å². The molecular formula is C27H26. The van der Waals surface area contributed by atoms with Crippen molar-refractivity contribution in [3.63, 3.8) is 0 Å². The molecule has 1 unspecified atom stereocenters. The highest BCUT2D eigenvalue weighted by atomic mass is 14.2. The minimum atomic E-state index is 0.509. The van der Waals surface area contributed by atoms with E-state index < -0.39 is 0 Å². The van der Waals surface area contributed by atoms with E-state index in [1.807, 2.05) is 0 Å². The maximum absolute atomic E-state index is 2.42. The molecule has 2 aliphatic rings. The lowest BCUT2D eigenvalue weighted by molar-refractivity contribution is 0.783. The van der Waals surface area contributed by atoms with Gasteiger partial charge in [-0.05, 0) is 71.7 Å². The number of allylic oxidation sites excluding steroid dienone is 10. The minimum absolute atomic E-state index is 0.509. The second-order valence-corrected chi connectivity index (χ2v) is 7.45. The molecule has 2 aliphatic carbocycles. The quantitative estimate of drug-likeness (QED) is 0.539. The van der Waals surface area contributed by atoms with E-state index in [9.17, 15) is 0 Å². The van der Waals surface area contributed by atoms with Crippen molar-refractivity contribution in [2.45, 2.75) is 26.7 Å². The molecule has 0 saturated heterocycles. The van der Waals surface area contributed by atoms with E-state index in [-0.39, 0.29) is 0 Å². The zero-order valence-corrected chi connectivity index (χ0v) is 16.2. The highest BCUT2D eigenvalue weighted by Gasteiger charge is 2.15. The minimum Gasteiger partial charge on any atom is -0.0836 e. The number of hydrogen-bond acceptors (Lipinski definition) is 0. The second-order valence-electron chi connectivity index (χ2n) is 7.45. The number of aryl methyl sites for hydroxylation is 1. The van der Waals surface area contributed by atoms with Gasteiger partial charge in [0.05, 0.1) is 0 Å². The van der Waals surface area contributed by atoms with Crippen molar-refractivity contribution in [3.05, 3.63) is 113 Å². The van der Waals surface area contributed by atoms with Gasteiger partial charge in [0.15, 0.2) is 0 Å². The maximum atomic E-state index is 2.42. The van der Waals surface area contributed by atoms with E-state index in [1.54, 1.807) is 0 Å². The van der Waals surface area contributed by atoms with Gasteiger partial charge in [-0.1, -0.05) is 85.0 Å². The Bertz CT molecular complexity index is 978. The first-order valence-corrected chi connectivity index (χ1v) is 9.80. The van der Waals surface area contributed by atoms with Crippen molar-refractivity contribution in [1.29, 1.82) is 0 Å². The molecule has 0 fully saturated rings. The average Bonchev–Trinajstić information content (AvgIpc) is 2.91. The van der Waals surface area contributed by atoms with Crippen molar-refractivity contribution in [1.82, 2.24) is 0 Å². The Morgan fingerprint density at radius 1 is 0.852 bits per heavy atom. The summed E-state index contributed by atoms with van der Waals surface area (Å²) in [6.45, 7) is 4.46. The molecule has 0 amide bonds. The van der Waals surface area contributed by atoms with Gasteiger partial charge < -0.3 is 0 Å². The Hall–Kier alpha value is -2.86. The van der Waals surface area contributed by atoms with Crippen LogP contribution >= 0.6 is 0 Å². The van der Waals surface area contributed by atoms with Crippen LogP contribution in [0.4, 0.5) is 0 Å². The van der Waals surface area contributed by atoms with Crippen LogP contribution in [-0.4, -0.2) is 0 Å². The van der Waals surface area contributed by atoms with Crippen LogP contribution in [0.1, 0.15) is 30.9 Å². The third kappa shape index (κ3) is 3.80. The lowest BCUT2D eigenvalue weighted by Gasteiger charge is -2.15. The summed E-state index contributed by atoms with van der Waals surface area (Å²) in [7, 11) is 0. The third-order valence-electron chi connectivity index (χ3n) is 5.62. The largest absolute Gasteiger partial charge is 0.0836 e. The van der Waals surface area contributed by atoms with Crippen molar-refractivity contribution < 1.29 is 0 Å². The zero-order valence-electron chi connectivity index (χ0n) is 16.2. The Labute approximate surface area is 163 Å². The van der Waals surface area contributed by atoms with Crippen LogP contribution < -0.4 is 0 Å². The van der Waals surface area contributed by atoms with Crippen LogP contribution in [-0.2, 0) is 0 Å². The lowest BCUT2D eigenvalue weighted by atomic mass is 9.90. The van der Waals surface area contributed by atoms with Crippen molar-refractivity contribution >= 4 is 5.57 Å². The Balaban J connectivity index is 1.69. The fraction of sp³-hybridized carbons (Fsp3) is 0.185. The molecule has 0 nitrogen and oxygen atoms in total. The Morgan fingerprint density at radius 2 is 1.70 bits per heavy atom. The summed E-state index contributed by atoms with van der Waals surface area (Å²) in [6, 6.07) is 17.5. The highest BCUT2D eigenvalue weighted by molar-refractivity contribution is 5.78. The molecular weight excluding hydrogens is 324 g/mol. The molecule has 0 saturated carbocycles. The van der Waals surface area contributed by atoms with Gasteiger partial charge in [-0.3, -0.25) is 0 Å². The van der Waals surface area contributed by atoms with Gasteiger partial charge in [-0.2, -0.15) is 0 Å². The number of rotatable bonds is 3. The average molecular weight is 351 g/mol. The molecule has 0 heterocycles. The lowest BCUT2D eigenvalue weighted by Crippen LogP contribution is -2.00. The zero-order chi connectivity index (χ0) is 18.6.